The number of hydrogen-bond acceptors (Lipinski definition) is 3. The van der Waals surface area contributed by atoms with Gasteiger partial charge in [-0.2, -0.15) is 5.26 Å². The summed E-state index contributed by atoms with van der Waals surface area (Å²) >= 11 is 0. The van der Waals surface area contributed by atoms with Crippen LogP contribution < -0.4 is 4.74 Å². The molecule has 3 nitrogen and oxygen atoms in total. The number of para-hydroxylation sites is 1. The molecule has 0 atom stereocenters. The second-order valence-corrected chi connectivity index (χ2v) is 3.26. The quantitative estimate of drug-likeness (QED) is 0.782. The van der Waals surface area contributed by atoms with Crippen molar-refractivity contribution >= 4 is 0 Å². The maximum Gasteiger partial charge on any atom is 0.137 e. The van der Waals surface area contributed by atoms with Gasteiger partial charge in [0.1, 0.15) is 18.4 Å². The Kier molecular flexibility index (Phi) is 3.15. The van der Waals surface area contributed by atoms with E-state index in [1.54, 1.807) is 24.5 Å². The Bertz CT molecular complexity index is 503. The SMILES string of the molecule is N#Cc1ccccc1OCc1cccnc1. The molecule has 0 spiro atoms. The van der Waals surface area contributed by atoms with Gasteiger partial charge in [-0.15, -0.1) is 0 Å². The highest BCUT2D eigenvalue weighted by atomic mass is 16.5. The third-order valence-corrected chi connectivity index (χ3v) is 2.12. The third-order valence-electron chi connectivity index (χ3n) is 2.12. The summed E-state index contributed by atoms with van der Waals surface area (Å²) in [6.07, 6.45) is 3.46. The molecule has 2 rings (SSSR count). The van der Waals surface area contributed by atoms with Crippen molar-refractivity contribution in [1.82, 2.24) is 4.98 Å². The van der Waals surface area contributed by atoms with Crippen LogP contribution in [-0.2, 0) is 6.61 Å². The van der Waals surface area contributed by atoms with E-state index in [0.29, 0.717) is 17.9 Å². The first kappa shape index (κ1) is 10.2. The zero-order valence-corrected chi connectivity index (χ0v) is 8.63. The van der Waals surface area contributed by atoms with Crippen LogP contribution in [0.2, 0.25) is 0 Å². The van der Waals surface area contributed by atoms with Gasteiger partial charge < -0.3 is 4.74 Å². The van der Waals surface area contributed by atoms with Gasteiger partial charge in [0.2, 0.25) is 0 Å². The first-order chi connectivity index (χ1) is 7.90. The van der Waals surface area contributed by atoms with Gasteiger partial charge in [-0.3, -0.25) is 4.98 Å². The topological polar surface area (TPSA) is 45.9 Å². The van der Waals surface area contributed by atoms with E-state index in [2.05, 4.69) is 11.1 Å². The van der Waals surface area contributed by atoms with Crippen LogP contribution in [0.15, 0.2) is 48.8 Å². The van der Waals surface area contributed by atoms with Gasteiger partial charge >= 0.3 is 0 Å². The fourth-order valence-electron chi connectivity index (χ4n) is 1.33. The second kappa shape index (κ2) is 4.94. The predicted molar refractivity (Wildman–Crippen MR) is 59.7 cm³/mol. The molecule has 0 amide bonds. The van der Waals surface area contributed by atoms with Crippen molar-refractivity contribution < 1.29 is 4.74 Å². The van der Waals surface area contributed by atoms with E-state index < -0.39 is 0 Å². The van der Waals surface area contributed by atoms with Crippen LogP contribution in [0, 0.1) is 11.3 Å². The van der Waals surface area contributed by atoms with E-state index in [-0.39, 0.29) is 0 Å². The van der Waals surface area contributed by atoms with Crippen molar-refractivity contribution in [3.05, 3.63) is 59.9 Å². The van der Waals surface area contributed by atoms with Crippen molar-refractivity contribution in [2.75, 3.05) is 0 Å². The van der Waals surface area contributed by atoms with Crippen LogP contribution in [0.3, 0.4) is 0 Å². The summed E-state index contributed by atoms with van der Waals surface area (Å²) in [4.78, 5) is 3.99. The summed E-state index contributed by atoms with van der Waals surface area (Å²) in [6.45, 7) is 0.423. The average Bonchev–Trinajstić information content (AvgIpc) is 2.38. The lowest BCUT2D eigenvalue weighted by molar-refractivity contribution is 0.305. The highest BCUT2D eigenvalue weighted by molar-refractivity contribution is 5.42. The van der Waals surface area contributed by atoms with Crippen molar-refractivity contribution in [2.24, 2.45) is 0 Å². The smallest absolute Gasteiger partial charge is 0.137 e. The molecule has 0 unspecified atom stereocenters. The molecule has 2 aromatic rings. The monoisotopic (exact) mass is 210 g/mol. The van der Waals surface area contributed by atoms with Crippen LogP contribution in [0.5, 0.6) is 5.75 Å². The molecule has 1 aromatic heterocycles. The van der Waals surface area contributed by atoms with Crippen LogP contribution in [0.1, 0.15) is 11.1 Å². The zero-order valence-electron chi connectivity index (χ0n) is 8.63. The molecule has 0 radical (unpaired) electrons. The molecule has 0 saturated heterocycles. The number of aromatic nitrogens is 1. The summed E-state index contributed by atoms with van der Waals surface area (Å²) in [7, 11) is 0. The van der Waals surface area contributed by atoms with Crippen molar-refractivity contribution in [3.63, 3.8) is 0 Å². The van der Waals surface area contributed by atoms with Crippen LogP contribution >= 0.6 is 0 Å². The standard InChI is InChI=1S/C13H10N2O/c14-8-12-5-1-2-6-13(12)16-10-11-4-3-7-15-9-11/h1-7,9H,10H2. The molecule has 16 heavy (non-hydrogen) atoms. The number of pyridine rings is 1. The maximum atomic E-state index is 8.87. The Balaban J connectivity index is 2.09. The Morgan fingerprint density at radius 1 is 1.19 bits per heavy atom. The number of ether oxygens (including phenoxy) is 1. The average molecular weight is 210 g/mol. The molecule has 0 aliphatic rings. The number of hydrogen-bond donors (Lipinski definition) is 0. The molecule has 1 heterocycles. The van der Waals surface area contributed by atoms with Gasteiger partial charge in [0.15, 0.2) is 0 Å². The number of nitriles is 1. The molecule has 0 saturated carbocycles. The second-order valence-electron chi connectivity index (χ2n) is 3.26. The zero-order chi connectivity index (χ0) is 11.2. The van der Waals surface area contributed by atoms with Crippen molar-refractivity contribution in [1.29, 1.82) is 5.26 Å². The van der Waals surface area contributed by atoms with E-state index in [9.17, 15) is 0 Å². The number of rotatable bonds is 3. The van der Waals surface area contributed by atoms with E-state index >= 15 is 0 Å². The van der Waals surface area contributed by atoms with Crippen molar-refractivity contribution in [3.8, 4) is 11.8 Å². The Hall–Kier alpha value is -2.34. The summed E-state index contributed by atoms with van der Waals surface area (Å²) in [5.74, 6) is 0.605. The molecule has 0 bridgehead atoms. The third kappa shape index (κ3) is 2.37. The van der Waals surface area contributed by atoms with Crippen molar-refractivity contribution in [2.45, 2.75) is 6.61 Å². The van der Waals surface area contributed by atoms with Gasteiger partial charge in [-0.1, -0.05) is 18.2 Å². The molecule has 0 aliphatic carbocycles. The molecule has 3 heteroatoms. The molecule has 0 aliphatic heterocycles. The Morgan fingerprint density at radius 2 is 2.06 bits per heavy atom. The summed E-state index contributed by atoms with van der Waals surface area (Å²) < 4.78 is 5.55. The fourth-order valence-corrected chi connectivity index (χ4v) is 1.33. The lowest BCUT2D eigenvalue weighted by Gasteiger charge is -2.06. The highest BCUT2D eigenvalue weighted by Crippen LogP contribution is 2.17. The van der Waals surface area contributed by atoms with E-state index in [1.807, 2.05) is 24.3 Å². The Labute approximate surface area is 93.9 Å². The van der Waals surface area contributed by atoms with Gasteiger partial charge in [0.05, 0.1) is 5.56 Å². The summed E-state index contributed by atoms with van der Waals surface area (Å²) in [6, 6.07) is 13.1. The fraction of sp³-hybridized carbons (Fsp3) is 0.0769. The Morgan fingerprint density at radius 3 is 2.81 bits per heavy atom. The first-order valence-corrected chi connectivity index (χ1v) is 4.91. The molecular weight excluding hydrogens is 200 g/mol. The van der Waals surface area contributed by atoms with E-state index in [4.69, 9.17) is 10.00 Å². The van der Waals surface area contributed by atoms with E-state index in [0.717, 1.165) is 5.56 Å². The molecule has 1 aromatic carbocycles. The normalized spacial score (nSPS) is 9.44. The molecule has 0 fully saturated rings. The predicted octanol–water partition coefficient (Wildman–Crippen LogP) is 2.53. The maximum absolute atomic E-state index is 8.87. The molecular formula is C13H10N2O. The largest absolute Gasteiger partial charge is 0.487 e. The minimum absolute atomic E-state index is 0.423. The lowest BCUT2D eigenvalue weighted by atomic mass is 10.2. The number of benzene rings is 1. The van der Waals surface area contributed by atoms with Crippen LogP contribution in [0.25, 0.3) is 0 Å². The molecule has 0 N–H and O–H groups in total. The molecule has 78 valence electrons. The van der Waals surface area contributed by atoms with Crippen LogP contribution in [0.4, 0.5) is 0 Å². The minimum Gasteiger partial charge on any atom is -0.487 e. The number of nitrogens with zero attached hydrogens (tertiary/aromatic N) is 2. The first-order valence-electron chi connectivity index (χ1n) is 4.91. The lowest BCUT2D eigenvalue weighted by Crippen LogP contribution is -1.97. The minimum atomic E-state index is 0.423. The van der Waals surface area contributed by atoms with Crippen LogP contribution in [-0.4, -0.2) is 4.98 Å². The summed E-state index contributed by atoms with van der Waals surface area (Å²) in [5, 5.41) is 8.87. The van der Waals surface area contributed by atoms with E-state index in [1.165, 1.54) is 0 Å². The van der Waals surface area contributed by atoms with Gasteiger partial charge in [-0.05, 0) is 18.2 Å². The van der Waals surface area contributed by atoms with Gasteiger partial charge in [-0.25, -0.2) is 0 Å². The van der Waals surface area contributed by atoms with Gasteiger partial charge in [0, 0.05) is 18.0 Å². The summed E-state index contributed by atoms with van der Waals surface area (Å²) in [5.41, 5.74) is 1.53. The van der Waals surface area contributed by atoms with Gasteiger partial charge in [0.25, 0.3) is 0 Å². The highest BCUT2D eigenvalue weighted by Gasteiger charge is 2.01.